The Hall–Kier alpha value is -2.98. The van der Waals surface area contributed by atoms with Crippen LogP contribution in [0.4, 0.5) is 10.5 Å². The number of unbranched alkanes of at least 4 members (excludes halogenated alkanes) is 2. The Morgan fingerprint density at radius 3 is 2.44 bits per heavy atom. The summed E-state index contributed by atoms with van der Waals surface area (Å²) in [6, 6.07) is 11.2. The van der Waals surface area contributed by atoms with E-state index in [0.29, 0.717) is 43.5 Å². The molecule has 0 atom stereocenters. The topological polar surface area (TPSA) is 88.6 Å². The van der Waals surface area contributed by atoms with E-state index < -0.39 is 10.0 Å². The van der Waals surface area contributed by atoms with Gasteiger partial charge < -0.3 is 19.1 Å². The number of amides is 2. The van der Waals surface area contributed by atoms with Gasteiger partial charge in [-0.25, -0.2) is 17.5 Å². The van der Waals surface area contributed by atoms with Gasteiger partial charge in [-0.05, 0) is 49.4 Å². The van der Waals surface area contributed by atoms with Gasteiger partial charge in [-0.15, -0.1) is 0 Å². The van der Waals surface area contributed by atoms with Gasteiger partial charge in [0.25, 0.3) is 0 Å². The molecule has 1 aliphatic carbocycles. The highest BCUT2D eigenvalue weighted by molar-refractivity contribution is 7.90. The highest BCUT2D eigenvalue weighted by atomic mass is 32.2. The number of rotatable bonds is 14. The van der Waals surface area contributed by atoms with Gasteiger partial charge in [-0.3, -0.25) is 4.90 Å². The van der Waals surface area contributed by atoms with Gasteiger partial charge in [-0.1, -0.05) is 31.9 Å². The van der Waals surface area contributed by atoms with E-state index in [9.17, 15) is 13.2 Å². The maximum atomic E-state index is 13.6. The van der Waals surface area contributed by atoms with Crippen LogP contribution < -0.4 is 19.1 Å². The average Bonchev–Trinajstić information content (AvgIpc) is 3.79. The maximum Gasteiger partial charge on any atom is 0.324 e. The van der Waals surface area contributed by atoms with Crippen molar-refractivity contribution >= 4 is 21.7 Å². The third-order valence-electron chi connectivity index (χ3n) is 7.27. The molecule has 0 unspecified atom stereocenters. The quantitative estimate of drug-likeness (QED) is 0.302. The van der Waals surface area contributed by atoms with Gasteiger partial charge in [-0.2, -0.15) is 0 Å². The fraction of sp³-hybridized carbons (Fsp3) is 0.552. The van der Waals surface area contributed by atoms with Crippen molar-refractivity contribution in [1.29, 1.82) is 0 Å². The monoisotopic (exact) mass is 559 g/mol. The van der Waals surface area contributed by atoms with Crippen LogP contribution >= 0.6 is 0 Å². The number of carbonyl (C=O) groups is 1. The predicted molar refractivity (Wildman–Crippen MR) is 152 cm³/mol. The molecule has 2 aromatic rings. The first-order valence-electron chi connectivity index (χ1n) is 13.8. The summed E-state index contributed by atoms with van der Waals surface area (Å²) in [5, 5.41) is -0.244. The summed E-state index contributed by atoms with van der Waals surface area (Å²) < 4.78 is 43.6. The second-order valence-electron chi connectivity index (χ2n) is 10.2. The number of nitrogens with zero attached hydrogens (tertiary/aromatic N) is 3. The zero-order valence-corrected chi connectivity index (χ0v) is 24.3. The van der Waals surface area contributed by atoms with Gasteiger partial charge in [0.1, 0.15) is 5.75 Å². The molecule has 1 saturated heterocycles. The smallest absolute Gasteiger partial charge is 0.324 e. The Kier molecular flexibility index (Phi) is 9.61. The fourth-order valence-electron chi connectivity index (χ4n) is 4.84. The molecule has 39 heavy (non-hydrogen) atoms. The van der Waals surface area contributed by atoms with Crippen molar-refractivity contribution in [2.24, 2.45) is 0 Å². The van der Waals surface area contributed by atoms with Gasteiger partial charge >= 0.3 is 6.03 Å². The predicted octanol–water partition coefficient (Wildman–Crippen LogP) is 5.03. The number of urea groups is 1. The van der Waals surface area contributed by atoms with Crippen LogP contribution in [0, 0.1) is 0 Å². The molecule has 2 fully saturated rings. The van der Waals surface area contributed by atoms with Crippen LogP contribution in [0.3, 0.4) is 0 Å². The molecular weight excluding hydrogens is 518 g/mol. The number of anilines is 1. The molecule has 4 rings (SSSR count). The summed E-state index contributed by atoms with van der Waals surface area (Å²) in [6.07, 6.45) is 5.48. The summed E-state index contributed by atoms with van der Waals surface area (Å²) in [5.74, 6) is 1.93. The molecule has 1 aliphatic heterocycles. The lowest BCUT2D eigenvalue weighted by Gasteiger charge is -2.36. The molecule has 1 saturated carbocycles. The van der Waals surface area contributed by atoms with E-state index in [4.69, 9.17) is 14.2 Å². The molecular formula is C29H41N3O6S. The minimum Gasteiger partial charge on any atom is -0.496 e. The van der Waals surface area contributed by atoms with E-state index in [2.05, 4.69) is 6.92 Å². The van der Waals surface area contributed by atoms with Crippen LogP contribution in [-0.2, 0) is 23.1 Å². The Morgan fingerprint density at radius 1 is 0.974 bits per heavy atom. The number of benzene rings is 2. The average molecular weight is 560 g/mol. The number of carbonyl (C=O) groups excluding carboxylic acids is 1. The van der Waals surface area contributed by atoms with Crippen molar-refractivity contribution in [3.8, 4) is 17.2 Å². The molecule has 0 aromatic heterocycles. The number of sulfonamides is 1. The van der Waals surface area contributed by atoms with Crippen molar-refractivity contribution in [3.63, 3.8) is 0 Å². The highest BCUT2D eigenvalue weighted by Gasteiger charge is 2.38. The number of hydrogen-bond acceptors (Lipinski definition) is 6. The van der Waals surface area contributed by atoms with Crippen molar-refractivity contribution in [3.05, 3.63) is 47.5 Å². The van der Waals surface area contributed by atoms with E-state index in [1.165, 1.54) is 4.31 Å². The third-order valence-corrected chi connectivity index (χ3v) is 9.59. The van der Waals surface area contributed by atoms with Crippen LogP contribution in [0.1, 0.15) is 56.6 Å². The lowest BCUT2D eigenvalue weighted by molar-refractivity contribution is 0.191. The van der Waals surface area contributed by atoms with Crippen molar-refractivity contribution in [2.45, 2.75) is 63.8 Å². The molecule has 2 aromatic carbocycles. The number of ether oxygens (including phenoxy) is 3. The van der Waals surface area contributed by atoms with E-state index in [1.54, 1.807) is 26.2 Å². The molecule has 214 valence electrons. The van der Waals surface area contributed by atoms with E-state index in [-0.39, 0.29) is 17.8 Å². The molecule has 10 heteroatoms. The maximum absolute atomic E-state index is 13.6. The highest BCUT2D eigenvalue weighted by Crippen LogP contribution is 2.34. The van der Waals surface area contributed by atoms with E-state index >= 15 is 0 Å². The summed E-state index contributed by atoms with van der Waals surface area (Å²) in [7, 11) is 1.58. The molecule has 0 N–H and O–H groups in total. The Labute approximate surface area is 232 Å². The molecule has 2 amide bonds. The molecule has 9 nitrogen and oxygen atoms in total. The summed E-state index contributed by atoms with van der Waals surface area (Å²) in [6.45, 7) is 4.69. The summed E-state index contributed by atoms with van der Waals surface area (Å²) in [4.78, 5) is 17.1. The molecule has 1 heterocycles. The first kappa shape index (κ1) is 29.0. The lowest BCUT2D eigenvalue weighted by Crippen LogP contribution is -2.49. The molecule has 0 radical (unpaired) electrons. The first-order valence-corrected chi connectivity index (χ1v) is 15.3. The minimum absolute atomic E-state index is 0.0789. The standard InChI is InChI=1S/C29H41N3O6S/c1-5-6-7-17-38-28-19-24(11-14-26(28)36-3)32-16-8-15-31(29(32)33)21-23-10-9-22(18-27(23)37-4)20-30(2)39(34,35)25-12-13-25/h9-11,14,18-19,25H,5-8,12-13,15-17,20-21H2,1-4H3. The van der Waals surface area contributed by atoms with Crippen molar-refractivity contribution < 1.29 is 27.4 Å². The zero-order valence-electron chi connectivity index (χ0n) is 23.5. The Morgan fingerprint density at radius 2 is 1.74 bits per heavy atom. The number of hydrogen-bond donors (Lipinski definition) is 0. The van der Waals surface area contributed by atoms with E-state index in [1.807, 2.05) is 41.3 Å². The van der Waals surface area contributed by atoms with Gasteiger partial charge in [0, 0.05) is 44.0 Å². The van der Waals surface area contributed by atoms with Crippen LogP contribution in [0.25, 0.3) is 0 Å². The second kappa shape index (κ2) is 12.9. The lowest BCUT2D eigenvalue weighted by atomic mass is 10.1. The van der Waals surface area contributed by atoms with Crippen molar-refractivity contribution in [2.75, 3.05) is 45.9 Å². The van der Waals surface area contributed by atoms with Crippen LogP contribution in [-0.4, -0.2) is 69.9 Å². The second-order valence-corrected chi connectivity index (χ2v) is 12.6. The normalized spacial score (nSPS) is 16.1. The number of methoxy groups -OCH3 is 2. The molecule has 2 aliphatic rings. The largest absolute Gasteiger partial charge is 0.496 e. The van der Waals surface area contributed by atoms with Crippen LogP contribution in [0.5, 0.6) is 17.2 Å². The van der Waals surface area contributed by atoms with E-state index in [0.717, 1.165) is 55.3 Å². The van der Waals surface area contributed by atoms with Gasteiger partial charge in [0.05, 0.1) is 32.6 Å². The summed E-state index contributed by atoms with van der Waals surface area (Å²) >= 11 is 0. The van der Waals surface area contributed by atoms with Crippen molar-refractivity contribution in [1.82, 2.24) is 9.21 Å². The fourth-order valence-corrected chi connectivity index (χ4v) is 6.41. The third kappa shape index (κ3) is 6.97. The Bertz CT molecular complexity index is 1250. The SMILES string of the molecule is CCCCCOc1cc(N2CCCN(Cc3ccc(CN(C)S(=O)(=O)C4CC4)cc3OC)C2=O)ccc1OC. The van der Waals surface area contributed by atoms with Crippen LogP contribution in [0.15, 0.2) is 36.4 Å². The minimum atomic E-state index is -3.25. The first-order chi connectivity index (χ1) is 18.8. The zero-order chi connectivity index (χ0) is 28.0. The Balaban J connectivity index is 1.45. The molecule has 0 bridgehead atoms. The van der Waals surface area contributed by atoms with Crippen LogP contribution in [0.2, 0.25) is 0 Å². The molecule has 0 spiro atoms. The van der Waals surface area contributed by atoms with Gasteiger partial charge in [0.2, 0.25) is 10.0 Å². The summed E-state index contributed by atoms with van der Waals surface area (Å²) in [5.41, 5.74) is 2.50. The van der Waals surface area contributed by atoms with Gasteiger partial charge in [0.15, 0.2) is 11.5 Å².